The average molecular weight is 181 g/mol. The largest absolute Gasteiger partial charge is 0.475 e. The van der Waals surface area contributed by atoms with E-state index in [1.54, 1.807) is 7.05 Å². The van der Waals surface area contributed by atoms with Gasteiger partial charge in [0, 0.05) is 18.8 Å². The van der Waals surface area contributed by atoms with Crippen molar-refractivity contribution in [3.05, 3.63) is 11.8 Å². The lowest BCUT2D eigenvalue weighted by molar-refractivity contribution is 0.232. The average Bonchev–Trinajstić information content (AvgIpc) is 2.01. The molecule has 0 spiro atoms. The molecule has 0 atom stereocenters. The third kappa shape index (κ3) is 2.89. The molecule has 0 saturated carbocycles. The van der Waals surface area contributed by atoms with E-state index in [-0.39, 0.29) is 6.10 Å². The molecular weight excluding hydrogens is 166 g/mol. The Morgan fingerprint density at radius 2 is 2.08 bits per heavy atom. The zero-order valence-electron chi connectivity index (χ0n) is 8.46. The van der Waals surface area contributed by atoms with E-state index in [1.807, 2.05) is 26.8 Å². The van der Waals surface area contributed by atoms with Gasteiger partial charge in [0.25, 0.3) is 0 Å². The third-order valence-corrected chi connectivity index (χ3v) is 1.41. The maximum absolute atomic E-state index is 5.45. The van der Waals surface area contributed by atoms with Gasteiger partial charge in [-0.15, -0.1) is 0 Å². The molecule has 1 N–H and O–H groups in total. The SMILES string of the molecule is CNc1nc(C)cc(OC(C)C)n1. The van der Waals surface area contributed by atoms with Crippen LogP contribution >= 0.6 is 0 Å². The fourth-order valence-corrected chi connectivity index (χ4v) is 0.953. The van der Waals surface area contributed by atoms with E-state index in [4.69, 9.17) is 4.74 Å². The standard InChI is InChI=1S/C9H15N3O/c1-6(2)13-8-5-7(3)11-9(10-4)12-8/h5-6H,1-4H3,(H,10,11,12). The molecule has 1 heterocycles. The second kappa shape index (κ2) is 4.07. The highest BCUT2D eigenvalue weighted by molar-refractivity contribution is 5.29. The maximum atomic E-state index is 5.45. The molecule has 0 aliphatic rings. The van der Waals surface area contributed by atoms with Gasteiger partial charge in [-0.25, -0.2) is 4.98 Å². The lowest BCUT2D eigenvalue weighted by atomic mass is 10.4. The fraction of sp³-hybridized carbons (Fsp3) is 0.556. The van der Waals surface area contributed by atoms with Crippen molar-refractivity contribution in [2.75, 3.05) is 12.4 Å². The first kappa shape index (κ1) is 9.77. The highest BCUT2D eigenvalue weighted by Crippen LogP contribution is 2.12. The summed E-state index contributed by atoms with van der Waals surface area (Å²) in [7, 11) is 1.79. The van der Waals surface area contributed by atoms with Crippen molar-refractivity contribution in [3.63, 3.8) is 0 Å². The summed E-state index contributed by atoms with van der Waals surface area (Å²) < 4.78 is 5.45. The van der Waals surface area contributed by atoms with Crippen LogP contribution in [0.1, 0.15) is 19.5 Å². The zero-order valence-corrected chi connectivity index (χ0v) is 8.46. The van der Waals surface area contributed by atoms with Crippen LogP contribution < -0.4 is 10.1 Å². The third-order valence-electron chi connectivity index (χ3n) is 1.41. The maximum Gasteiger partial charge on any atom is 0.225 e. The normalized spacial score (nSPS) is 10.2. The van der Waals surface area contributed by atoms with Crippen LogP contribution in [-0.2, 0) is 0 Å². The first-order chi connectivity index (χ1) is 6.11. The summed E-state index contributed by atoms with van der Waals surface area (Å²) in [5.41, 5.74) is 0.898. The van der Waals surface area contributed by atoms with Gasteiger partial charge in [0.1, 0.15) is 0 Å². The molecule has 0 unspecified atom stereocenters. The van der Waals surface area contributed by atoms with Gasteiger partial charge in [-0.2, -0.15) is 4.98 Å². The topological polar surface area (TPSA) is 47.0 Å². The predicted molar refractivity (Wildman–Crippen MR) is 52.1 cm³/mol. The molecule has 0 bridgehead atoms. The van der Waals surface area contributed by atoms with E-state index in [0.29, 0.717) is 11.8 Å². The highest BCUT2D eigenvalue weighted by atomic mass is 16.5. The molecule has 0 aliphatic heterocycles. The summed E-state index contributed by atoms with van der Waals surface area (Å²) in [4.78, 5) is 8.31. The zero-order chi connectivity index (χ0) is 9.84. The van der Waals surface area contributed by atoms with E-state index < -0.39 is 0 Å². The van der Waals surface area contributed by atoms with Crippen LogP contribution in [0.3, 0.4) is 0 Å². The van der Waals surface area contributed by atoms with Crippen LogP contribution in [0.2, 0.25) is 0 Å². The number of aromatic nitrogens is 2. The first-order valence-corrected chi connectivity index (χ1v) is 4.32. The number of anilines is 1. The smallest absolute Gasteiger partial charge is 0.225 e. The molecule has 1 rings (SSSR count). The number of hydrogen-bond donors (Lipinski definition) is 1. The summed E-state index contributed by atoms with van der Waals surface area (Å²) in [6.45, 7) is 5.85. The molecular formula is C9H15N3O. The number of nitrogens with one attached hydrogen (secondary N) is 1. The molecule has 0 saturated heterocycles. The number of rotatable bonds is 3. The Labute approximate surface area is 78.4 Å². The van der Waals surface area contributed by atoms with Crippen LogP contribution in [0.5, 0.6) is 5.88 Å². The van der Waals surface area contributed by atoms with E-state index in [0.717, 1.165) is 5.69 Å². The molecule has 13 heavy (non-hydrogen) atoms. The Balaban J connectivity index is 2.88. The molecule has 0 aromatic carbocycles. The number of nitrogens with zero attached hydrogens (tertiary/aromatic N) is 2. The Kier molecular flexibility index (Phi) is 3.06. The van der Waals surface area contributed by atoms with Gasteiger partial charge in [-0.3, -0.25) is 0 Å². The summed E-state index contributed by atoms with van der Waals surface area (Å²) in [5, 5.41) is 2.88. The van der Waals surface area contributed by atoms with Crippen LogP contribution in [0, 0.1) is 6.92 Å². The van der Waals surface area contributed by atoms with E-state index >= 15 is 0 Å². The minimum atomic E-state index is 0.138. The summed E-state index contributed by atoms with van der Waals surface area (Å²) in [5.74, 6) is 1.21. The van der Waals surface area contributed by atoms with E-state index in [9.17, 15) is 0 Å². The van der Waals surface area contributed by atoms with Gasteiger partial charge < -0.3 is 10.1 Å². The fourth-order valence-electron chi connectivity index (χ4n) is 0.953. The second-order valence-corrected chi connectivity index (χ2v) is 3.09. The lowest BCUT2D eigenvalue weighted by Crippen LogP contribution is -2.08. The Morgan fingerprint density at radius 3 is 2.62 bits per heavy atom. The molecule has 4 heteroatoms. The Bertz CT molecular complexity index is 286. The number of ether oxygens (including phenoxy) is 1. The van der Waals surface area contributed by atoms with Gasteiger partial charge in [0.05, 0.1) is 6.10 Å². The number of hydrogen-bond acceptors (Lipinski definition) is 4. The molecule has 0 amide bonds. The van der Waals surface area contributed by atoms with E-state index in [1.165, 1.54) is 0 Å². The quantitative estimate of drug-likeness (QED) is 0.769. The van der Waals surface area contributed by atoms with E-state index in [2.05, 4.69) is 15.3 Å². The molecule has 0 fully saturated rings. The minimum absolute atomic E-state index is 0.138. The van der Waals surface area contributed by atoms with Crippen LogP contribution in [0.25, 0.3) is 0 Å². The second-order valence-electron chi connectivity index (χ2n) is 3.09. The van der Waals surface area contributed by atoms with Gasteiger partial charge in [0.15, 0.2) is 0 Å². The highest BCUT2D eigenvalue weighted by Gasteiger charge is 2.02. The molecule has 0 radical (unpaired) electrons. The Morgan fingerprint density at radius 1 is 1.38 bits per heavy atom. The summed E-state index contributed by atoms with van der Waals surface area (Å²) in [6, 6.07) is 1.82. The van der Waals surface area contributed by atoms with Crippen molar-refractivity contribution < 1.29 is 4.74 Å². The van der Waals surface area contributed by atoms with Gasteiger partial charge in [-0.05, 0) is 20.8 Å². The van der Waals surface area contributed by atoms with Gasteiger partial charge in [0.2, 0.25) is 11.8 Å². The lowest BCUT2D eigenvalue weighted by Gasteiger charge is -2.09. The van der Waals surface area contributed by atoms with Crippen LogP contribution in [0.4, 0.5) is 5.95 Å². The minimum Gasteiger partial charge on any atom is -0.475 e. The van der Waals surface area contributed by atoms with Crippen LogP contribution in [0.15, 0.2) is 6.07 Å². The Hall–Kier alpha value is -1.32. The van der Waals surface area contributed by atoms with Crippen LogP contribution in [-0.4, -0.2) is 23.1 Å². The van der Waals surface area contributed by atoms with Crippen molar-refractivity contribution in [1.82, 2.24) is 9.97 Å². The molecule has 1 aromatic rings. The van der Waals surface area contributed by atoms with Crippen molar-refractivity contribution in [2.45, 2.75) is 26.9 Å². The predicted octanol–water partition coefficient (Wildman–Crippen LogP) is 1.61. The van der Waals surface area contributed by atoms with Crippen molar-refractivity contribution in [1.29, 1.82) is 0 Å². The van der Waals surface area contributed by atoms with Gasteiger partial charge in [-0.1, -0.05) is 0 Å². The molecule has 4 nitrogen and oxygen atoms in total. The first-order valence-electron chi connectivity index (χ1n) is 4.32. The summed E-state index contributed by atoms with van der Waals surface area (Å²) in [6.07, 6.45) is 0.138. The molecule has 0 aliphatic carbocycles. The van der Waals surface area contributed by atoms with Gasteiger partial charge >= 0.3 is 0 Å². The molecule has 1 aromatic heterocycles. The number of aryl methyl sites for hydroxylation is 1. The monoisotopic (exact) mass is 181 g/mol. The van der Waals surface area contributed by atoms with Crippen molar-refractivity contribution in [3.8, 4) is 5.88 Å². The summed E-state index contributed by atoms with van der Waals surface area (Å²) >= 11 is 0. The molecule has 72 valence electrons. The van der Waals surface area contributed by atoms with Crippen molar-refractivity contribution in [2.24, 2.45) is 0 Å². The van der Waals surface area contributed by atoms with Crippen molar-refractivity contribution >= 4 is 5.95 Å².